The normalized spacial score (nSPS) is 20.1. The molecule has 0 aliphatic carbocycles. The van der Waals surface area contributed by atoms with Gasteiger partial charge >= 0.3 is 0 Å². The molecule has 1 unspecified atom stereocenters. The monoisotopic (exact) mass is 281 g/mol. The van der Waals surface area contributed by atoms with Gasteiger partial charge in [-0.1, -0.05) is 13.8 Å². The maximum Gasteiger partial charge on any atom is 0.133 e. The van der Waals surface area contributed by atoms with Crippen LogP contribution in [0, 0.1) is 12.8 Å². The molecule has 1 atom stereocenters. The van der Waals surface area contributed by atoms with Crippen LogP contribution in [0.25, 0.3) is 0 Å². The Kier molecular flexibility index (Phi) is 5.03. The predicted molar refractivity (Wildman–Crippen MR) is 81.1 cm³/mol. The van der Waals surface area contributed by atoms with Crippen LogP contribution in [0.3, 0.4) is 0 Å². The Bertz CT molecular complexity index is 418. The standard InChI is InChI=1S/C15H24ClN3/c1-11(2)15-17-12(3)9-14(18-15)19-8-4-5-13(10-19)6-7-16/h9,11,13H,4-8,10H2,1-3H3. The van der Waals surface area contributed by atoms with Crippen molar-refractivity contribution >= 4 is 17.4 Å². The summed E-state index contributed by atoms with van der Waals surface area (Å²) in [4.78, 5) is 11.7. The molecule has 0 radical (unpaired) electrons. The summed E-state index contributed by atoms with van der Waals surface area (Å²) >= 11 is 5.88. The van der Waals surface area contributed by atoms with Crippen molar-refractivity contribution in [3.05, 3.63) is 17.6 Å². The van der Waals surface area contributed by atoms with Gasteiger partial charge in [-0.25, -0.2) is 9.97 Å². The molecule has 4 heteroatoms. The second-order valence-corrected chi connectivity index (χ2v) is 6.19. The average molecular weight is 282 g/mol. The van der Waals surface area contributed by atoms with Crippen LogP contribution in [0.2, 0.25) is 0 Å². The summed E-state index contributed by atoms with van der Waals surface area (Å²) in [6.07, 6.45) is 3.64. The molecule has 0 bridgehead atoms. The molecule has 19 heavy (non-hydrogen) atoms. The van der Waals surface area contributed by atoms with E-state index in [-0.39, 0.29) is 0 Å². The summed E-state index contributed by atoms with van der Waals surface area (Å²) in [5, 5.41) is 0. The van der Waals surface area contributed by atoms with Crippen LogP contribution in [0.4, 0.5) is 5.82 Å². The van der Waals surface area contributed by atoms with Gasteiger partial charge in [0.2, 0.25) is 0 Å². The van der Waals surface area contributed by atoms with Crippen molar-refractivity contribution in [3.63, 3.8) is 0 Å². The maximum atomic E-state index is 5.88. The van der Waals surface area contributed by atoms with E-state index in [0.717, 1.165) is 42.7 Å². The van der Waals surface area contributed by atoms with Gasteiger partial charge in [0.1, 0.15) is 11.6 Å². The highest BCUT2D eigenvalue weighted by Crippen LogP contribution is 2.25. The third kappa shape index (κ3) is 3.82. The minimum atomic E-state index is 0.377. The molecule has 0 spiro atoms. The van der Waals surface area contributed by atoms with Crippen molar-refractivity contribution in [2.24, 2.45) is 5.92 Å². The summed E-state index contributed by atoms with van der Waals surface area (Å²) in [6.45, 7) is 8.53. The summed E-state index contributed by atoms with van der Waals surface area (Å²) < 4.78 is 0. The lowest BCUT2D eigenvalue weighted by Gasteiger charge is -2.33. The minimum absolute atomic E-state index is 0.377. The molecule has 1 fully saturated rings. The largest absolute Gasteiger partial charge is 0.356 e. The van der Waals surface area contributed by atoms with Crippen LogP contribution in [0.15, 0.2) is 6.07 Å². The molecule has 1 saturated heterocycles. The van der Waals surface area contributed by atoms with E-state index in [1.807, 2.05) is 0 Å². The van der Waals surface area contributed by atoms with Crippen molar-refractivity contribution in [2.75, 3.05) is 23.9 Å². The smallest absolute Gasteiger partial charge is 0.133 e. The third-order valence-electron chi connectivity index (χ3n) is 3.73. The first kappa shape index (κ1) is 14.6. The lowest BCUT2D eigenvalue weighted by Crippen LogP contribution is -2.36. The summed E-state index contributed by atoms with van der Waals surface area (Å²) in [5.41, 5.74) is 1.06. The predicted octanol–water partition coefficient (Wildman–Crippen LogP) is 3.75. The van der Waals surface area contributed by atoms with Gasteiger partial charge in [0, 0.05) is 36.6 Å². The fraction of sp³-hybridized carbons (Fsp3) is 0.733. The molecule has 0 amide bonds. The van der Waals surface area contributed by atoms with E-state index in [1.165, 1.54) is 12.8 Å². The second-order valence-electron chi connectivity index (χ2n) is 5.81. The number of nitrogens with zero attached hydrogens (tertiary/aromatic N) is 3. The number of aryl methyl sites for hydroxylation is 1. The van der Waals surface area contributed by atoms with Crippen LogP contribution in [-0.4, -0.2) is 28.9 Å². The zero-order chi connectivity index (χ0) is 13.8. The number of hydrogen-bond acceptors (Lipinski definition) is 3. The van der Waals surface area contributed by atoms with E-state index in [0.29, 0.717) is 11.8 Å². The van der Waals surface area contributed by atoms with Gasteiger partial charge in [0.25, 0.3) is 0 Å². The maximum absolute atomic E-state index is 5.88. The van der Waals surface area contributed by atoms with E-state index in [1.54, 1.807) is 0 Å². The molecular formula is C15H24ClN3. The number of piperidine rings is 1. The molecular weight excluding hydrogens is 258 g/mol. The Morgan fingerprint density at radius 2 is 2.21 bits per heavy atom. The van der Waals surface area contributed by atoms with Gasteiger partial charge in [-0.2, -0.15) is 0 Å². The summed E-state index contributed by atoms with van der Waals surface area (Å²) in [5.74, 6) is 3.90. The van der Waals surface area contributed by atoms with Crippen molar-refractivity contribution in [2.45, 2.75) is 46.0 Å². The molecule has 1 aliphatic heterocycles. The molecule has 1 aromatic heterocycles. The summed E-state index contributed by atoms with van der Waals surface area (Å²) in [6, 6.07) is 2.11. The van der Waals surface area contributed by atoms with Gasteiger partial charge in [0.05, 0.1) is 0 Å². The van der Waals surface area contributed by atoms with Crippen molar-refractivity contribution in [1.29, 1.82) is 0 Å². The molecule has 0 saturated carbocycles. The molecule has 2 heterocycles. The number of alkyl halides is 1. The highest BCUT2D eigenvalue weighted by molar-refractivity contribution is 6.17. The third-order valence-corrected chi connectivity index (χ3v) is 3.95. The van der Waals surface area contributed by atoms with E-state index in [9.17, 15) is 0 Å². The number of halogens is 1. The molecule has 0 N–H and O–H groups in total. The Balaban J connectivity index is 2.16. The van der Waals surface area contributed by atoms with Crippen LogP contribution in [0.1, 0.15) is 50.5 Å². The van der Waals surface area contributed by atoms with Crippen LogP contribution >= 0.6 is 11.6 Å². The highest BCUT2D eigenvalue weighted by atomic mass is 35.5. The Morgan fingerprint density at radius 3 is 2.89 bits per heavy atom. The molecule has 1 aromatic rings. The Morgan fingerprint density at radius 1 is 1.42 bits per heavy atom. The molecule has 106 valence electrons. The number of anilines is 1. The lowest BCUT2D eigenvalue weighted by atomic mass is 9.95. The first-order valence-corrected chi connectivity index (χ1v) is 7.80. The van der Waals surface area contributed by atoms with Gasteiger partial charge in [-0.15, -0.1) is 11.6 Å². The van der Waals surface area contributed by atoms with Gasteiger partial charge in [-0.3, -0.25) is 0 Å². The summed E-state index contributed by atoms with van der Waals surface area (Å²) in [7, 11) is 0. The van der Waals surface area contributed by atoms with Crippen LogP contribution < -0.4 is 4.90 Å². The molecule has 2 rings (SSSR count). The second kappa shape index (κ2) is 6.56. The number of rotatable bonds is 4. The van der Waals surface area contributed by atoms with Crippen molar-refractivity contribution < 1.29 is 0 Å². The molecule has 0 aromatic carbocycles. The zero-order valence-corrected chi connectivity index (χ0v) is 13.0. The van der Waals surface area contributed by atoms with E-state index in [2.05, 4.69) is 36.7 Å². The van der Waals surface area contributed by atoms with Gasteiger partial charge in [-0.05, 0) is 32.1 Å². The fourth-order valence-corrected chi connectivity index (χ4v) is 2.97. The van der Waals surface area contributed by atoms with Crippen molar-refractivity contribution in [3.8, 4) is 0 Å². The molecule has 1 aliphatic rings. The average Bonchev–Trinajstić information content (AvgIpc) is 2.38. The quantitative estimate of drug-likeness (QED) is 0.787. The van der Waals surface area contributed by atoms with E-state index >= 15 is 0 Å². The lowest BCUT2D eigenvalue weighted by molar-refractivity contribution is 0.404. The van der Waals surface area contributed by atoms with E-state index in [4.69, 9.17) is 16.6 Å². The van der Waals surface area contributed by atoms with Crippen molar-refractivity contribution in [1.82, 2.24) is 9.97 Å². The van der Waals surface area contributed by atoms with Gasteiger partial charge < -0.3 is 4.90 Å². The highest BCUT2D eigenvalue weighted by Gasteiger charge is 2.21. The minimum Gasteiger partial charge on any atom is -0.356 e. The SMILES string of the molecule is Cc1cc(N2CCCC(CCCl)C2)nc(C(C)C)n1. The first-order valence-electron chi connectivity index (χ1n) is 7.26. The zero-order valence-electron chi connectivity index (χ0n) is 12.2. The number of hydrogen-bond donors (Lipinski definition) is 0. The van der Waals surface area contributed by atoms with Gasteiger partial charge in [0.15, 0.2) is 0 Å². The topological polar surface area (TPSA) is 29.0 Å². The Labute approximate surface area is 121 Å². The Hall–Kier alpha value is -0.830. The fourth-order valence-electron chi connectivity index (χ4n) is 2.66. The van der Waals surface area contributed by atoms with E-state index < -0.39 is 0 Å². The number of aromatic nitrogens is 2. The van der Waals surface area contributed by atoms with Crippen LogP contribution in [0.5, 0.6) is 0 Å². The molecule has 3 nitrogen and oxygen atoms in total. The first-order chi connectivity index (χ1) is 9.10. The van der Waals surface area contributed by atoms with Crippen LogP contribution in [-0.2, 0) is 0 Å².